The Hall–Kier alpha value is -2.41. The van der Waals surface area contributed by atoms with Gasteiger partial charge in [-0.05, 0) is 0 Å². The third-order valence-electron chi connectivity index (χ3n) is 1.95. The van der Waals surface area contributed by atoms with Gasteiger partial charge >= 0.3 is 6.18 Å². The van der Waals surface area contributed by atoms with Crippen LogP contribution >= 0.6 is 0 Å². The molecule has 10 heteroatoms. The number of hydrogen-bond donors (Lipinski definition) is 1. The molecule has 0 unspecified atom stereocenters. The Morgan fingerprint density at radius 3 is 2.95 bits per heavy atom. The van der Waals surface area contributed by atoms with E-state index < -0.39 is 19.4 Å². The lowest BCUT2D eigenvalue weighted by Gasteiger charge is -2.04. The van der Waals surface area contributed by atoms with E-state index in [0.29, 0.717) is 0 Å². The van der Waals surface area contributed by atoms with Gasteiger partial charge in [0.15, 0.2) is 5.82 Å². The molecule has 0 aliphatic carbocycles. The van der Waals surface area contributed by atoms with Crippen molar-refractivity contribution in [3.8, 4) is 17.5 Å². The molecule has 100 valence electrons. The van der Waals surface area contributed by atoms with Crippen molar-refractivity contribution in [3.63, 3.8) is 0 Å². The van der Waals surface area contributed by atoms with Gasteiger partial charge in [0.1, 0.15) is 25.0 Å². The van der Waals surface area contributed by atoms with E-state index in [2.05, 4.69) is 25.1 Å². The summed E-state index contributed by atoms with van der Waals surface area (Å²) in [5.41, 5.74) is 0.392. The third kappa shape index (κ3) is 3.29. The quantitative estimate of drug-likeness (QED) is 0.903. The van der Waals surface area contributed by atoms with Crippen molar-refractivity contribution >= 4 is 0 Å². The number of aromatic amines is 1. The van der Waals surface area contributed by atoms with Crippen LogP contribution in [0.2, 0.25) is 0 Å². The molecule has 0 spiro atoms. The molecular formula is C9H6F3N5O2. The Kier molecular flexibility index (Phi) is 3.48. The van der Waals surface area contributed by atoms with Gasteiger partial charge in [-0.1, -0.05) is 5.16 Å². The van der Waals surface area contributed by atoms with Crippen LogP contribution in [0.1, 0.15) is 11.5 Å². The number of halogens is 3. The number of hydrogen-bond acceptors (Lipinski definition) is 6. The Morgan fingerprint density at radius 2 is 2.26 bits per heavy atom. The summed E-state index contributed by atoms with van der Waals surface area (Å²) in [5, 5.41) is 18.2. The second-order valence-electron chi connectivity index (χ2n) is 3.39. The molecule has 2 aromatic rings. The Balaban J connectivity index is 2.02. The van der Waals surface area contributed by atoms with E-state index >= 15 is 0 Å². The normalized spacial score (nSPS) is 11.5. The highest BCUT2D eigenvalue weighted by Gasteiger charge is 2.27. The predicted molar refractivity (Wildman–Crippen MR) is 52.3 cm³/mol. The van der Waals surface area contributed by atoms with Gasteiger partial charge in [0.2, 0.25) is 0 Å². The molecule has 1 N–H and O–H groups in total. The molecule has 2 rings (SSSR count). The monoisotopic (exact) mass is 273 g/mol. The van der Waals surface area contributed by atoms with Crippen LogP contribution in [0.15, 0.2) is 10.7 Å². The van der Waals surface area contributed by atoms with Crippen molar-refractivity contribution in [3.05, 3.63) is 17.7 Å². The topological polar surface area (TPSA) is 101 Å². The zero-order valence-electron chi connectivity index (χ0n) is 9.23. The molecule has 0 aliphatic heterocycles. The maximum atomic E-state index is 11.8. The first-order chi connectivity index (χ1) is 8.99. The molecule has 0 saturated heterocycles. The fourth-order valence-electron chi connectivity index (χ4n) is 1.21. The minimum absolute atomic E-state index is 0.0177. The fraction of sp³-hybridized carbons (Fsp3) is 0.333. The van der Waals surface area contributed by atoms with Crippen LogP contribution in [-0.4, -0.2) is 33.1 Å². The van der Waals surface area contributed by atoms with Gasteiger partial charge in [-0.25, -0.2) is 0 Å². The Labute approximate surface area is 104 Å². The molecule has 7 nitrogen and oxygen atoms in total. The lowest BCUT2D eigenvalue weighted by molar-refractivity contribution is -0.177. The van der Waals surface area contributed by atoms with Gasteiger partial charge in [-0.15, -0.1) is 0 Å². The number of alkyl halides is 3. The minimum Gasteiger partial charge on any atom is -0.364 e. The smallest absolute Gasteiger partial charge is 0.364 e. The predicted octanol–water partition coefficient (Wildman–Crippen LogP) is 1.41. The van der Waals surface area contributed by atoms with Crippen LogP contribution in [0.5, 0.6) is 0 Å². The summed E-state index contributed by atoms with van der Waals surface area (Å²) in [6, 6.07) is 1.82. The standard InChI is InChI=1S/C9H6F3N5O2/c10-9(11,12)4-18-3-7-15-8(19-17-7)5-2-14-16-6(5)1-13/h2H,3-4H2,(H,14,16). The summed E-state index contributed by atoms with van der Waals surface area (Å²) >= 11 is 0. The van der Waals surface area contributed by atoms with Gasteiger partial charge in [-0.3, -0.25) is 5.10 Å². The third-order valence-corrected chi connectivity index (χ3v) is 1.95. The van der Waals surface area contributed by atoms with Crippen molar-refractivity contribution in [2.24, 2.45) is 0 Å². The SMILES string of the molecule is N#Cc1[nH]ncc1-c1nc(COCC(F)(F)F)no1. The van der Waals surface area contributed by atoms with Crippen LogP contribution in [0.25, 0.3) is 11.5 Å². The molecule has 0 saturated carbocycles. The van der Waals surface area contributed by atoms with Crippen molar-refractivity contribution in [2.45, 2.75) is 12.8 Å². The highest BCUT2D eigenvalue weighted by molar-refractivity contribution is 5.58. The molecule has 0 atom stereocenters. The summed E-state index contributed by atoms with van der Waals surface area (Å²) in [4.78, 5) is 3.80. The number of rotatable bonds is 4. The maximum Gasteiger partial charge on any atom is 0.411 e. The second-order valence-corrected chi connectivity index (χ2v) is 3.39. The van der Waals surface area contributed by atoms with Gasteiger partial charge in [-0.2, -0.15) is 28.5 Å². The van der Waals surface area contributed by atoms with Gasteiger partial charge in [0.05, 0.1) is 11.8 Å². The molecular weight excluding hydrogens is 267 g/mol. The number of nitriles is 1. The average molecular weight is 273 g/mol. The van der Waals surface area contributed by atoms with E-state index in [1.807, 2.05) is 6.07 Å². The molecule has 0 amide bonds. The van der Waals surface area contributed by atoms with Crippen molar-refractivity contribution < 1.29 is 22.4 Å². The number of nitrogens with zero attached hydrogens (tertiary/aromatic N) is 4. The van der Waals surface area contributed by atoms with Crippen LogP contribution in [0.3, 0.4) is 0 Å². The fourth-order valence-corrected chi connectivity index (χ4v) is 1.21. The number of aromatic nitrogens is 4. The highest BCUT2D eigenvalue weighted by atomic mass is 19.4. The molecule has 2 aromatic heterocycles. The Bertz CT molecular complexity index is 598. The molecule has 19 heavy (non-hydrogen) atoms. The van der Waals surface area contributed by atoms with E-state index in [9.17, 15) is 13.2 Å². The molecule has 0 bridgehead atoms. The highest BCUT2D eigenvalue weighted by Crippen LogP contribution is 2.20. The molecule has 0 fully saturated rings. The number of nitrogens with one attached hydrogen (secondary N) is 1. The number of ether oxygens (including phenoxy) is 1. The second kappa shape index (κ2) is 5.07. The van der Waals surface area contributed by atoms with Crippen LogP contribution in [0.4, 0.5) is 13.2 Å². The maximum absolute atomic E-state index is 11.8. The first-order valence-electron chi connectivity index (χ1n) is 4.90. The van der Waals surface area contributed by atoms with Gasteiger partial charge < -0.3 is 9.26 Å². The molecule has 0 radical (unpaired) electrons. The van der Waals surface area contributed by atoms with Gasteiger partial charge in [0.25, 0.3) is 5.89 Å². The zero-order chi connectivity index (χ0) is 13.9. The van der Waals surface area contributed by atoms with Crippen molar-refractivity contribution in [1.29, 1.82) is 5.26 Å². The molecule has 0 aliphatic rings. The summed E-state index contributed by atoms with van der Waals surface area (Å²) in [6.07, 6.45) is -3.11. The zero-order valence-corrected chi connectivity index (χ0v) is 9.23. The van der Waals surface area contributed by atoms with E-state index in [1.165, 1.54) is 6.20 Å². The van der Waals surface area contributed by atoms with E-state index in [4.69, 9.17) is 9.78 Å². The minimum atomic E-state index is -4.41. The first-order valence-corrected chi connectivity index (χ1v) is 4.90. The van der Waals surface area contributed by atoms with Crippen LogP contribution < -0.4 is 0 Å². The lowest BCUT2D eigenvalue weighted by atomic mass is 10.2. The summed E-state index contributed by atoms with van der Waals surface area (Å²) in [6.45, 7) is -1.84. The Morgan fingerprint density at radius 1 is 1.47 bits per heavy atom. The first kappa shape index (κ1) is 13.0. The van der Waals surface area contributed by atoms with Gasteiger partial charge in [0, 0.05) is 0 Å². The van der Waals surface area contributed by atoms with E-state index in [-0.39, 0.29) is 23.0 Å². The molecule has 2 heterocycles. The van der Waals surface area contributed by atoms with Crippen molar-refractivity contribution in [1.82, 2.24) is 20.3 Å². The summed E-state index contributed by atoms with van der Waals surface area (Å²) in [7, 11) is 0. The van der Waals surface area contributed by atoms with E-state index in [0.717, 1.165) is 0 Å². The summed E-state index contributed by atoms with van der Waals surface area (Å²) in [5.74, 6) is -0.0692. The lowest BCUT2D eigenvalue weighted by Crippen LogP contribution is -2.16. The largest absolute Gasteiger partial charge is 0.411 e. The molecule has 0 aromatic carbocycles. The number of H-pyrrole nitrogens is 1. The van der Waals surface area contributed by atoms with Crippen LogP contribution in [0, 0.1) is 11.3 Å². The van der Waals surface area contributed by atoms with Crippen LogP contribution in [-0.2, 0) is 11.3 Å². The van der Waals surface area contributed by atoms with E-state index in [1.54, 1.807) is 0 Å². The summed E-state index contributed by atoms with van der Waals surface area (Å²) < 4.78 is 44.7. The average Bonchev–Trinajstić information content (AvgIpc) is 2.93. The van der Waals surface area contributed by atoms with Crippen molar-refractivity contribution in [2.75, 3.05) is 6.61 Å².